The molecule has 0 saturated carbocycles. The third-order valence-electron chi connectivity index (χ3n) is 2.78. The van der Waals surface area contributed by atoms with Gasteiger partial charge in [-0.3, -0.25) is 0 Å². The fraction of sp³-hybridized carbons (Fsp3) is 0. The second-order valence-electron chi connectivity index (χ2n) is 4.06. The van der Waals surface area contributed by atoms with Crippen molar-refractivity contribution in [1.82, 2.24) is 4.98 Å². The number of phenols is 1. The number of hydrogen-bond acceptors (Lipinski definition) is 3. The van der Waals surface area contributed by atoms with E-state index in [1.807, 2.05) is 30.3 Å². The Labute approximate surface area is 115 Å². The lowest BCUT2D eigenvalue weighted by molar-refractivity contribution is 0.475. The predicted molar refractivity (Wildman–Crippen MR) is 74.0 cm³/mol. The lowest BCUT2D eigenvalue weighted by Gasteiger charge is -2.01. The van der Waals surface area contributed by atoms with Crippen molar-refractivity contribution in [3.05, 3.63) is 59.9 Å². The van der Waals surface area contributed by atoms with Crippen LogP contribution in [0.5, 0.6) is 5.75 Å². The number of benzene rings is 2. The Morgan fingerprint density at radius 3 is 2.26 bits per heavy atom. The maximum Gasteiger partial charge on any atom is 0.293 e. The molecule has 4 heteroatoms. The van der Waals surface area contributed by atoms with E-state index in [-0.39, 0.29) is 11.1 Å². The van der Waals surface area contributed by atoms with Gasteiger partial charge in [0, 0.05) is 11.1 Å². The second kappa shape index (κ2) is 4.78. The van der Waals surface area contributed by atoms with Gasteiger partial charge in [0.05, 0.1) is 0 Å². The summed E-state index contributed by atoms with van der Waals surface area (Å²) >= 11 is 5.87. The summed E-state index contributed by atoms with van der Waals surface area (Å²) in [6, 6.07) is 16.4. The first-order valence-electron chi connectivity index (χ1n) is 5.75. The van der Waals surface area contributed by atoms with E-state index in [2.05, 4.69) is 4.98 Å². The number of nitrogens with zero attached hydrogens (tertiary/aromatic N) is 1. The monoisotopic (exact) mass is 271 g/mol. The summed E-state index contributed by atoms with van der Waals surface area (Å²) in [5.74, 6) is 0.830. The van der Waals surface area contributed by atoms with Crippen molar-refractivity contribution in [2.45, 2.75) is 0 Å². The molecule has 0 aliphatic carbocycles. The number of halogens is 1. The van der Waals surface area contributed by atoms with E-state index in [0.29, 0.717) is 11.5 Å². The normalized spacial score (nSPS) is 10.6. The van der Waals surface area contributed by atoms with E-state index >= 15 is 0 Å². The Balaban J connectivity index is 2.15. The largest absolute Gasteiger partial charge is 0.508 e. The third kappa shape index (κ3) is 2.33. The Bertz CT molecular complexity index is 690. The first-order chi connectivity index (χ1) is 9.24. The van der Waals surface area contributed by atoms with Crippen molar-refractivity contribution in [3.8, 4) is 28.3 Å². The highest BCUT2D eigenvalue weighted by Crippen LogP contribution is 2.34. The number of aromatic hydroxyl groups is 1. The van der Waals surface area contributed by atoms with E-state index < -0.39 is 0 Å². The molecule has 0 saturated heterocycles. The fourth-order valence-electron chi connectivity index (χ4n) is 1.89. The molecule has 2 aromatic carbocycles. The molecule has 3 nitrogen and oxygen atoms in total. The minimum atomic E-state index is 0.0990. The zero-order chi connectivity index (χ0) is 13.2. The van der Waals surface area contributed by atoms with Gasteiger partial charge in [-0.15, -0.1) is 0 Å². The van der Waals surface area contributed by atoms with E-state index in [0.717, 1.165) is 11.1 Å². The molecule has 0 bridgehead atoms. The third-order valence-corrected chi connectivity index (χ3v) is 2.94. The smallest absolute Gasteiger partial charge is 0.293 e. The first-order valence-corrected chi connectivity index (χ1v) is 6.13. The van der Waals surface area contributed by atoms with Crippen LogP contribution in [0.15, 0.2) is 59.0 Å². The van der Waals surface area contributed by atoms with Gasteiger partial charge in [0.25, 0.3) is 5.35 Å². The maximum absolute atomic E-state index is 9.33. The molecule has 1 aromatic heterocycles. The molecule has 0 amide bonds. The number of oxazole rings is 1. The Kier molecular flexibility index (Phi) is 2.97. The van der Waals surface area contributed by atoms with Crippen LogP contribution in [0.2, 0.25) is 5.35 Å². The lowest BCUT2D eigenvalue weighted by atomic mass is 10.1. The van der Waals surface area contributed by atoms with Crippen LogP contribution in [0.4, 0.5) is 0 Å². The molecule has 94 valence electrons. The highest BCUT2D eigenvalue weighted by molar-refractivity contribution is 6.28. The number of hydrogen-bond donors (Lipinski definition) is 1. The van der Waals surface area contributed by atoms with Gasteiger partial charge in [0.2, 0.25) is 0 Å². The predicted octanol–water partition coefficient (Wildman–Crippen LogP) is 4.37. The van der Waals surface area contributed by atoms with E-state index in [9.17, 15) is 5.11 Å². The van der Waals surface area contributed by atoms with Crippen LogP contribution in [0.25, 0.3) is 22.6 Å². The van der Waals surface area contributed by atoms with Gasteiger partial charge in [0.1, 0.15) is 11.4 Å². The van der Waals surface area contributed by atoms with Gasteiger partial charge in [-0.05, 0) is 35.9 Å². The molecule has 1 N–H and O–H groups in total. The molecule has 3 aromatic rings. The van der Waals surface area contributed by atoms with Gasteiger partial charge in [-0.2, -0.15) is 4.98 Å². The Morgan fingerprint density at radius 2 is 1.58 bits per heavy atom. The van der Waals surface area contributed by atoms with Crippen molar-refractivity contribution < 1.29 is 9.52 Å². The molecule has 3 rings (SSSR count). The summed E-state index contributed by atoms with van der Waals surface area (Å²) in [5.41, 5.74) is 2.41. The average Bonchev–Trinajstić information content (AvgIpc) is 2.83. The molecule has 0 atom stereocenters. The van der Waals surface area contributed by atoms with Gasteiger partial charge in [-0.1, -0.05) is 30.3 Å². The Morgan fingerprint density at radius 1 is 0.895 bits per heavy atom. The molecule has 0 radical (unpaired) electrons. The summed E-state index contributed by atoms with van der Waals surface area (Å²) in [6.45, 7) is 0. The lowest BCUT2D eigenvalue weighted by Crippen LogP contribution is -1.81. The summed E-state index contributed by atoms with van der Waals surface area (Å²) in [5, 5.41) is 9.42. The average molecular weight is 272 g/mol. The summed E-state index contributed by atoms with van der Waals surface area (Å²) in [6.07, 6.45) is 0. The minimum absolute atomic E-state index is 0.0990. The molecule has 0 aliphatic heterocycles. The van der Waals surface area contributed by atoms with E-state index in [4.69, 9.17) is 16.0 Å². The molecule has 19 heavy (non-hydrogen) atoms. The minimum Gasteiger partial charge on any atom is -0.508 e. The molecular formula is C15H10ClNO2. The number of aromatic nitrogens is 1. The van der Waals surface area contributed by atoms with Gasteiger partial charge in [-0.25, -0.2) is 0 Å². The van der Waals surface area contributed by atoms with Gasteiger partial charge < -0.3 is 9.52 Å². The second-order valence-corrected chi connectivity index (χ2v) is 4.38. The van der Waals surface area contributed by atoms with Crippen LogP contribution >= 0.6 is 11.6 Å². The van der Waals surface area contributed by atoms with Gasteiger partial charge in [0.15, 0.2) is 5.76 Å². The summed E-state index contributed by atoms with van der Waals surface area (Å²) in [4.78, 5) is 4.20. The van der Waals surface area contributed by atoms with Crippen LogP contribution in [-0.2, 0) is 0 Å². The van der Waals surface area contributed by atoms with Crippen molar-refractivity contribution in [1.29, 1.82) is 0 Å². The topological polar surface area (TPSA) is 46.3 Å². The van der Waals surface area contributed by atoms with Crippen molar-refractivity contribution in [2.24, 2.45) is 0 Å². The maximum atomic E-state index is 9.33. The van der Waals surface area contributed by atoms with E-state index in [1.165, 1.54) is 0 Å². The summed E-state index contributed by atoms with van der Waals surface area (Å²) in [7, 11) is 0. The standard InChI is InChI=1S/C15H10ClNO2/c16-15-17-13(10-6-8-12(18)9-7-10)14(19-15)11-4-2-1-3-5-11/h1-9,18H. The van der Waals surface area contributed by atoms with Crippen LogP contribution in [0, 0.1) is 0 Å². The number of rotatable bonds is 2. The van der Waals surface area contributed by atoms with Crippen LogP contribution in [0.3, 0.4) is 0 Å². The summed E-state index contributed by atoms with van der Waals surface area (Å²) < 4.78 is 5.48. The Hall–Kier alpha value is -2.26. The highest BCUT2D eigenvalue weighted by atomic mass is 35.5. The molecular weight excluding hydrogens is 262 g/mol. The van der Waals surface area contributed by atoms with Crippen LogP contribution in [0.1, 0.15) is 0 Å². The SMILES string of the molecule is Oc1ccc(-c2nc(Cl)oc2-c2ccccc2)cc1. The quantitative estimate of drug-likeness (QED) is 0.753. The first kappa shape index (κ1) is 11.8. The van der Waals surface area contributed by atoms with E-state index in [1.54, 1.807) is 24.3 Å². The van der Waals surface area contributed by atoms with Crippen molar-refractivity contribution in [2.75, 3.05) is 0 Å². The molecule has 0 unspecified atom stereocenters. The number of phenolic OH excluding ortho intramolecular Hbond substituents is 1. The zero-order valence-electron chi connectivity index (χ0n) is 9.88. The molecule has 0 aliphatic rings. The van der Waals surface area contributed by atoms with Crippen LogP contribution < -0.4 is 0 Å². The highest BCUT2D eigenvalue weighted by Gasteiger charge is 2.15. The molecule has 1 heterocycles. The zero-order valence-corrected chi connectivity index (χ0v) is 10.6. The van der Waals surface area contributed by atoms with Gasteiger partial charge >= 0.3 is 0 Å². The van der Waals surface area contributed by atoms with Crippen molar-refractivity contribution >= 4 is 11.6 Å². The van der Waals surface area contributed by atoms with Crippen molar-refractivity contribution in [3.63, 3.8) is 0 Å². The fourth-order valence-corrected chi connectivity index (χ4v) is 2.06. The molecule has 0 spiro atoms. The molecule has 0 fully saturated rings. The van der Waals surface area contributed by atoms with Crippen LogP contribution in [-0.4, -0.2) is 10.1 Å².